The monoisotopic (exact) mass is 271 g/mol. The number of hydrogen-bond donors (Lipinski definition) is 1. The summed E-state index contributed by atoms with van der Waals surface area (Å²) in [5, 5.41) is 4.18. The molecule has 0 atom stereocenters. The van der Waals surface area contributed by atoms with Crippen molar-refractivity contribution in [1.29, 1.82) is 0 Å². The number of aromatic nitrogens is 2. The molecular formula is C12H12ClF2N3. The maximum atomic E-state index is 12.7. The Morgan fingerprint density at radius 1 is 1.33 bits per heavy atom. The molecule has 0 radical (unpaired) electrons. The molecule has 2 aromatic rings. The maximum Gasteiger partial charge on any atom is 0.297 e. The van der Waals surface area contributed by atoms with Crippen LogP contribution in [-0.4, -0.2) is 16.5 Å². The lowest BCUT2D eigenvalue weighted by molar-refractivity contribution is 0.141. The Morgan fingerprint density at radius 2 is 2.11 bits per heavy atom. The van der Waals surface area contributed by atoms with Crippen LogP contribution in [0.25, 0.3) is 10.9 Å². The number of hydrogen-bond acceptors (Lipinski definition) is 3. The Labute approximate surface area is 108 Å². The van der Waals surface area contributed by atoms with Crippen molar-refractivity contribution in [2.75, 3.05) is 11.9 Å². The van der Waals surface area contributed by atoms with E-state index in [9.17, 15) is 8.78 Å². The Balaban J connectivity index is 2.57. The summed E-state index contributed by atoms with van der Waals surface area (Å²) in [7, 11) is 0. The zero-order chi connectivity index (χ0) is 13.1. The lowest BCUT2D eigenvalue weighted by atomic mass is 10.2. The molecule has 6 heteroatoms. The summed E-state index contributed by atoms with van der Waals surface area (Å²) < 4.78 is 25.4. The molecule has 18 heavy (non-hydrogen) atoms. The van der Waals surface area contributed by atoms with E-state index < -0.39 is 12.2 Å². The predicted molar refractivity (Wildman–Crippen MR) is 68.3 cm³/mol. The van der Waals surface area contributed by atoms with Gasteiger partial charge < -0.3 is 5.32 Å². The van der Waals surface area contributed by atoms with Gasteiger partial charge in [-0.05, 0) is 24.6 Å². The minimum absolute atomic E-state index is 0.423. The molecule has 1 heterocycles. The molecular weight excluding hydrogens is 260 g/mol. The van der Waals surface area contributed by atoms with Gasteiger partial charge in [-0.25, -0.2) is 18.7 Å². The van der Waals surface area contributed by atoms with Crippen LogP contribution in [0.5, 0.6) is 0 Å². The summed E-state index contributed by atoms with van der Waals surface area (Å²) in [6, 6.07) is 4.97. The molecule has 96 valence electrons. The van der Waals surface area contributed by atoms with E-state index in [-0.39, 0.29) is 0 Å². The number of nitrogens with one attached hydrogen (secondary N) is 1. The summed E-state index contributed by atoms with van der Waals surface area (Å²) in [5.41, 5.74) is 0.423. The molecule has 1 aromatic carbocycles. The van der Waals surface area contributed by atoms with E-state index in [1.807, 2.05) is 6.92 Å². The lowest BCUT2D eigenvalue weighted by Gasteiger charge is -2.10. The lowest BCUT2D eigenvalue weighted by Crippen LogP contribution is -2.06. The first-order valence-corrected chi connectivity index (χ1v) is 5.99. The Hall–Kier alpha value is -1.49. The van der Waals surface area contributed by atoms with Crippen molar-refractivity contribution in [2.45, 2.75) is 19.8 Å². The summed E-state index contributed by atoms with van der Waals surface area (Å²) >= 11 is 5.84. The average Bonchev–Trinajstić information content (AvgIpc) is 2.34. The number of fused-ring (bicyclic) bond motifs is 1. The van der Waals surface area contributed by atoms with E-state index >= 15 is 0 Å². The molecule has 0 fully saturated rings. The van der Waals surface area contributed by atoms with Crippen molar-refractivity contribution in [3.63, 3.8) is 0 Å². The second-order valence-corrected chi connectivity index (χ2v) is 4.26. The third-order valence-electron chi connectivity index (χ3n) is 2.41. The summed E-state index contributed by atoms with van der Waals surface area (Å²) in [5.74, 6) is -0.0582. The third-order valence-corrected chi connectivity index (χ3v) is 2.65. The van der Waals surface area contributed by atoms with Gasteiger partial charge in [-0.15, -0.1) is 0 Å². The third kappa shape index (κ3) is 2.67. The highest BCUT2D eigenvalue weighted by molar-refractivity contribution is 6.31. The molecule has 0 spiro atoms. The van der Waals surface area contributed by atoms with Gasteiger partial charge in [0.1, 0.15) is 5.82 Å². The molecule has 0 amide bonds. The highest BCUT2D eigenvalue weighted by Gasteiger charge is 2.15. The van der Waals surface area contributed by atoms with Gasteiger partial charge in [-0.3, -0.25) is 0 Å². The highest BCUT2D eigenvalue weighted by Crippen LogP contribution is 2.26. The first-order chi connectivity index (χ1) is 8.61. The van der Waals surface area contributed by atoms with E-state index in [1.165, 1.54) is 0 Å². The molecule has 0 unspecified atom stereocenters. The van der Waals surface area contributed by atoms with Crippen LogP contribution in [0.4, 0.5) is 14.6 Å². The Morgan fingerprint density at radius 3 is 2.78 bits per heavy atom. The van der Waals surface area contributed by atoms with E-state index in [1.54, 1.807) is 18.2 Å². The molecule has 2 rings (SSSR count). The molecule has 0 saturated heterocycles. The topological polar surface area (TPSA) is 37.8 Å². The number of nitrogens with zero attached hydrogens (tertiary/aromatic N) is 2. The van der Waals surface area contributed by atoms with Crippen LogP contribution in [0.2, 0.25) is 5.02 Å². The first-order valence-electron chi connectivity index (χ1n) is 5.61. The fourth-order valence-corrected chi connectivity index (χ4v) is 1.76. The predicted octanol–water partition coefficient (Wildman–Crippen LogP) is 4.04. The van der Waals surface area contributed by atoms with Gasteiger partial charge in [0, 0.05) is 17.0 Å². The van der Waals surface area contributed by atoms with Crippen LogP contribution in [0.15, 0.2) is 18.2 Å². The molecule has 0 aliphatic rings. The maximum absolute atomic E-state index is 12.7. The molecule has 0 bridgehead atoms. The van der Waals surface area contributed by atoms with Crippen LogP contribution >= 0.6 is 11.6 Å². The smallest absolute Gasteiger partial charge is 0.297 e. The van der Waals surface area contributed by atoms with Gasteiger partial charge in [0.2, 0.25) is 0 Å². The Kier molecular flexibility index (Phi) is 3.91. The highest BCUT2D eigenvalue weighted by atomic mass is 35.5. The zero-order valence-electron chi connectivity index (χ0n) is 9.75. The quantitative estimate of drug-likeness (QED) is 0.912. The van der Waals surface area contributed by atoms with Crippen LogP contribution in [-0.2, 0) is 0 Å². The summed E-state index contributed by atoms with van der Waals surface area (Å²) in [6.45, 7) is 2.65. The van der Waals surface area contributed by atoms with Gasteiger partial charge in [0.05, 0.1) is 5.52 Å². The van der Waals surface area contributed by atoms with Gasteiger partial charge in [0.15, 0.2) is 5.82 Å². The molecule has 0 saturated carbocycles. The van der Waals surface area contributed by atoms with Crippen LogP contribution in [0, 0.1) is 0 Å². The molecule has 1 aromatic heterocycles. The summed E-state index contributed by atoms with van der Waals surface area (Å²) in [6.07, 6.45) is -1.82. The second kappa shape index (κ2) is 5.44. The normalized spacial score (nSPS) is 11.2. The largest absolute Gasteiger partial charge is 0.369 e. The van der Waals surface area contributed by atoms with Crippen LogP contribution in [0.1, 0.15) is 25.6 Å². The van der Waals surface area contributed by atoms with Gasteiger partial charge in [0.25, 0.3) is 6.43 Å². The van der Waals surface area contributed by atoms with Crippen LogP contribution < -0.4 is 5.32 Å². The van der Waals surface area contributed by atoms with Crippen LogP contribution in [0.3, 0.4) is 0 Å². The summed E-state index contributed by atoms with van der Waals surface area (Å²) in [4.78, 5) is 7.67. The number of alkyl halides is 2. The second-order valence-electron chi connectivity index (χ2n) is 3.82. The van der Waals surface area contributed by atoms with E-state index in [0.29, 0.717) is 28.3 Å². The van der Waals surface area contributed by atoms with E-state index in [2.05, 4.69) is 15.3 Å². The van der Waals surface area contributed by atoms with Crippen molar-refractivity contribution in [2.24, 2.45) is 0 Å². The SMILES string of the molecule is CCCNc1nc(C(F)F)nc2cc(Cl)ccc12. The zero-order valence-corrected chi connectivity index (χ0v) is 10.5. The van der Waals surface area contributed by atoms with Crippen molar-refractivity contribution < 1.29 is 8.78 Å². The fraction of sp³-hybridized carbons (Fsp3) is 0.333. The number of rotatable bonds is 4. The molecule has 0 aliphatic carbocycles. The van der Waals surface area contributed by atoms with Crippen molar-refractivity contribution in [3.8, 4) is 0 Å². The molecule has 3 nitrogen and oxygen atoms in total. The Bertz CT molecular complexity index is 560. The minimum Gasteiger partial charge on any atom is -0.369 e. The van der Waals surface area contributed by atoms with Gasteiger partial charge in [-0.1, -0.05) is 18.5 Å². The molecule has 1 N–H and O–H groups in total. The van der Waals surface area contributed by atoms with Gasteiger partial charge >= 0.3 is 0 Å². The number of anilines is 1. The number of halogens is 3. The van der Waals surface area contributed by atoms with Crippen molar-refractivity contribution in [1.82, 2.24) is 9.97 Å². The minimum atomic E-state index is -2.70. The van der Waals surface area contributed by atoms with Crippen molar-refractivity contribution >= 4 is 28.3 Å². The fourth-order valence-electron chi connectivity index (χ4n) is 1.60. The van der Waals surface area contributed by atoms with E-state index in [0.717, 1.165) is 6.42 Å². The van der Waals surface area contributed by atoms with Crippen molar-refractivity contribution in [3.05, 3.63) is 29.0 Å². The number of benzene rings is 1. The molecule has 0 aliphatic heterocycles. The first kappa shape index (κ1) is 13.0. The average molecular weight is 272 g/mol. The van der Waals surface area contributed by atoms with Gasteiger partial charge in [-0.2, -0.15) is 0 Å². The van der Waals surface area contributed by atoms with E-state index in [4.69, 9.17) is 11.6 Å². The standard InChI is InChI=1S/C12H12ClF2N3/c1-2-5-16-11-8-4-3-7(13)6-9(8)17-12(18-11)10(14)15/h3-4,6,10H,2,5H2,1H3,(H,16,17,18).